The number of halogens is 4. The Kier molecular flexibility index (Phi) is 4.26. The molecule has 0 saturated carbocycles. The second-order valence-electron chi connectivity index (χ2n) is 4.25. The summed E-state index contributed by atoms with van der Waals surface area (Å²) in [6.45, 7) is 1.50. The average molecular weight is 400 g/mol. The molecule has 0 unspecified atom stereocenters. The summed E-state index contributed by atoms with van der Waals surface area (Å²) in [6, 6.07) is 4.00. The van der Waals surface area contributed by atoms with Gasteiger partial charge in [0.05, 0.1) is 12.6 Å². The first-order chi connectivity index (χ1) is 10.0. The van der Waals surface area contributed by atoms with E-state index in [1.54, 1.807) is 6.07 Å². The highest BCUT2D eigenvalue weighted by atomic mass is 79.9. The lowest BCUT2D eigenvalue weighted by atomic mass is 10.2. The molecular formula is C12H9BrF3NO4S. The molecule has 0 atom stereocenters. The van der Waals surface area contributed by atoms with Crippen LogP contribution in [0.5, 0.6) is 11.5 Å². The maximum Gasteiger partial charge on any atom is 0.534 e. The van der Waals surface area contributed by atoms with Crippen LogP contribution >= 0.6 is 15.9 Å². The molecule has 1 aromatic heterocycles. The summed E-state index contributed by atoms with van der Waals surface area (Å²) in [5.41, 5.74) is -4.97. The van der Waals surface area contributed by atoms with Crippen molar-refractivity contribution >= 4 is 37.0 Å². The molecule has 0 amide bonds. The lowest BCUT2D eigenvalue weighted by Crippen LogP contribution is -2.28. The fourth-order valence-corrected chi connectivity index (χ4v) is 2.70. The van der Waals surface area contributed by atoms with Crippen LogP contribution in [0.4, 0.5) is 13.2 Å². The van der Waals surface area contributed by atoms with Gasteiger partial charge in [-0.2, -0.15) is 21.6 Å². The number of fused-ring (bicyclic) bond motifs is 1. The number of aryl methyl sites for hydroxylation is 1. The lowest BCUT2D eigenvalue weighted by Gasteiger charge is -2.13. The molecule has 0 aliphatic heterocycles. The van der Waals surface area contributed by atoms with E-state index in [-0.39, 0.29) is 10.9 Å². The van der Waals surface area contributed by atoms with Gasteiger partial charge in [-0.05, 0) is 35.0 Å². The number of methoxy groups -OCH3 is 1. The highest BCUT2D eigenvalue weighted by Crippen LogP contribution is 2.36. The molecule has 0 N–H and O–H groups in total. The van der Waals surface area contributed by atoms with Gasteiger partial charge >= 0.3 is 15.6 Å². The number of nitrogens with zero attached hydrogens (tertiary/aromatic N) is 1. The third-order valence-electron chi connectivity index (χ3n) is 2.65. The van der Waals surface area contributed by atoms with E-state index >= 15 is 0 Å². The van der Waals surface area contributed by atoms with E-state index in [4.69, 9.17) is 4.74 Å². The number of ether oxygens (including phenoxy) is 1. The van der Waals surface area contributed by atoms with Crippen molar-refractivity contribution in [2.75, 3.05) is 7.11 Å². The monoisotopic (exact) mass is 399 g/mol. The normalized spacial score (nSPS) is 12.5. The molecule has 5 nitrogen and oxygen atoms in total. The second kappa shape index (κ2) is 5.58. The first-order valence-corrected chi connectivity index (χ1v) is 7.91. The van der Waals surface area contributed by atoms with Crippen LogP contribution in [0.25, 0.3) is 10.9 Å². The molecule has 1 aromatic carbocycles. The van der Waals surface area contributed by atoms with Crippen molar-refractivity contribution in [2.24, 2.45) is 0 Å². The van der Waals surface area contributed by atoms with E-state index in [0.29, 0.717) is 15.9 Å². The standard InChI is InChI=1S/C12H9BrF3NO4S/c1-6-3-10(21-22(18,19)12(14,15)16)8-4-7(20-2)5-9(13)11(8)17-6/h3-5H,1-2H3. The van der Waals surface area contributed by atoms with Gasteiger partial charge in [-0.25, -0.2) is 0 Å². The number of hydrogen-bond donors (Lipinski definition) is 0. The third-order valence-corrected chi connectivity index (χ3v) is 4.22. The highest BCUT2D eigenvalue weighted by Gasteiger charge is 2.48. The van der Waals surface area contributed by atoms with Gasteiger partial charge < -0.3 is 8.92 Å². The summed E-state index contributed by atoms with van der Waals surface area (Å²) in [5, 5.41) is 0.0737. The number of benzene rings is 1. The zero-order chi connectivity index (χ0) is 16.7. The van der Waals surface area contributed by atoms with Crippen molar-refractivity contribution in [1.29, 1.82) is 0 Å². The number of hydrogen-bond acceptors (Lipinski definition) is 5. The molecule has 0 aliphatic carbocycles. The maximum atomic E-state index is 12.5. The molecule has 2 aromatic rings. The van der Waals surface area contributed by atoms with Gasteiger partial charge in [-0.1, -0.05) is 0 Å². The van der Waals surface area contributed by atoms with E-state index in [1.165, 1.54) is 20.1 Å². The highest BCUT2D eigenvalue weighted by molar-refractivity contribution is 9.10. The fraction of sp³-hybridized carbons (Fsp3) is 0.250. The Hall–Kier alpha value is -1.55. The van der Waals surface area contributed by atoms with Gasteiger partial charge in [0.25, 0.3) is 0 Å². The summed E-state index contributed by atoms with van der Waals surface area (Å²) in [5.74, 6) is -0.168. The van der Waals surface area contributed by atoms with Crippen molar-refractivity contribution in [1.82, 2.24) is 4.98 Å². The van der Waals surface area contributed by atoms with E-state index < -0.39 is 21.4 Å². The van der Waals surface area contributed by atoms with Gasteiger partial charge in [-0.15, -0.1) is 0 Å². The molecule has 0 aliphatic rings. The van der Waals surface area contributed by atoms with E-state index in [2.05, 4.69) is 25.1 Å². The molecule has 0 fully saturated rings. The molecule has 0 bridgehead atoms. The van der Waals surface area contributed by atoms with Crippen LogP contribution in [0.2, 0.25) is 0 Å². The van der Waals surface area contributed by atoms with Gasteiger partial charge in [0.2, 0.25) is 0 Å². The molecule has 0 saturated heterocycles. The van der Waals surface area contributed by atoms with Crippen molar-refractivity contribution in [3.05, 3.63) is 28.4 Å². The Bertz CT molecular complexity index is 836. The van der Waals surface area contributed by atoms with E-state index in [1.807, 2.05) is 0 Å². The largest absolute Gasteiger partial charge is 0.534 e. The fourth-order valence-electron chi connectivity index (χ4n) is 1.70. The number of pyridine rings is 1. The molecular weight excluding hydrogens is 391 g/mol. The van der Waals surface area contributed by atoms with Crippen LogP contribution in [0.15, 0.2) is 22.7 Å². The van der Waals surface area contributed by atoms with Crippen LogP contribution in [0, 0.1) is 6.92 Å². The van der Waals surface area contributed by atoms with Crippen molar-refractivity contribution in [3.8, 4) is 11.5 Å². The molecule has 1 heterocycles. The van der Waals surface area contributed by atoms with Gasteiger partial charge in [0, 0.05) is 21.6 Å². The minimum atomic E-state index is -5.78. The third kappa shape index (κ3) is 3.12. The predicted molar refractivity (Wildman–Crippen MR) is 76.3 cm³/mol. The van der Waals surface area contributed by atoms with Crippen LogP contribution in [-0.2, 0) is 10.1 Å². The molecule has 10 heteroatoms. The lowest BCUT2D eigenvalue weighted by molar-refractivity contribution is -0.0499. The van der Waals surface area contributed by atoms with Crippen molar-refractivity contribution in [3.63, 3.8) is 0 Å². The Labute approximate surface area is 132 Å². The number of rotatable bonds is 3. The van der Waals surface area contributed by atoms with Gasteiger partial charge in [0.1, 0.15) is 5.75 Å². The van der Waals surface area contributed by atoms with Crippen LogP contribution < -0.4 is 8.92 Å². The summed E-state index contributed by atoms with van der Waals surface area (Å²) >= 11 is 3.21. The Balaban J connectivity index is 2.71. The molecule has 0 spiro atoms. The summed E-state index contributed by atoms with van der Waals surface area (Å²) in [6.07, 6.45) is 0. The van der Waals surface area contributed by atoms with Crippen LogP contribution in [0.3, 0.4) is 0 Å². The first-order valence-electron chi connectivity index (χ1n) is 5.71. The topological polar surface area (TPSA) is 65.5 Å². The van der Waals surface area contributed by atoms with Gasteiger partial charge in [0.15, 0.2) is 5.75 Å². The minimum Gasteiger partial charge on any atom is -0.497 e. The number of alkyl halides is 3. The second-order valence-corrected chi connectivity index (χ2v) is 6.64. The van der Waals surface area contributed by atoms with E-state index in [9.17, 15) is 21.6 Å². The molecule has 22 heavy (non-hydrogen) atoms. The quantitative estimate of drug-likeness (QED) is 0.583. The number of aromatic nitrogens is 1. The Morgan fingerprint density at radius 1 is 1.23 bits per heavy atom. The zero-order valence-corrected chi connectivity index (χ0v) is 13.6. The predicted octanol–water partition coefficient (Wildman–Crippen LogP) is 3.54. The molecule has 2 rings (SSSR count). The van der Waals surface area contributed by atoms with Crippen LogP contribution in [-0.4, -0.2) is 26.0 Å². The smallest absolute Gasteiger partial charge is 0.497 e. The summed E-state index contributed by atoms with van der Waals surface area (Å²) in [4.78, 5) is 4.14. The average Bonchev–Trinajstić information content (AvgIpc) is 2.37. The van der Waals surface area contributed by atoms with Crippen LogP contribution in [0.1, 0.15) is 5.69 Å². The molecule has 120 valence electrons. The Morgan fingerprint density at radius 2 is 1.86 bits per heavy atom. The van der Waals surface area contributed by atoms with Gasteiger partial charge in [-0.3, -0.25) is 4.98 Å². The SMILES string of the molecule is COc1cc(Br)c2nc(C)cc(OS(=O)(=O)C(F)(F)F)c2c1. The maximum absolute atomic E-state index is 12.5. The minimum absolute atomic E-state index is 0.0737. The zero-order valence-electron chi connectivity index (χ0n) is 11.2. The van der Waals surface area contributed by atoms with Crippen molar-refractivity contribution in [2.45, 2.75) is 12.4 Å². The first kappa shape index (κ1) is 16.8. The molecule has 0 radical (unpaired) electrons. The van der Waals surface area contributed by atoms with Crippen molar-refractivity contribution < 1.29 is 30.5 Å². The summed E-state index contributed by atoms with van der Waals surface area (Å²) < 4.78 is 69.5. The van der Waals surface area contributed by atoms with E-state index in [0.717, 1.165) is 6.07 Å². The summed E-state index contributed by atoms with van der Waals surface area (Å²) in [7, 11) is -4.41. The Morgan fingerprint density at radius 3 is 2.41 bits per heavy atom.